The molecule has 2 heterocycles. The SMILES string of the molecule is C[C@H]1CC[C@H](C2=CC(=O)NC2=O)O1. The fourth-order valence-corrected chi connectivity index (χ4v) is 1.70. The summed E-state index contributed by atoms with van der Waals surface area (Å²) in [7, 11) is 0. The highest BCUT2D eigenvalue weighted by molar-refractivity contribution is 6.16. The topological polar surface area (TPSA) is 55.4 Å². The van der Waals surface area contributed by atoms with Gasteiger partial charge in [-0.1, -0.05) is 0 Å². The summed E-state index contributed by atoms with van der Waals surface area (Å²) in [5, 5.41) is 2.21. The smallest absolute Gasteiger partial charge is 0.256 e. The van der Waals surface area contributed by atoms with Gasteiger partial charge in [0.05, 0.1) is 17.8 Å². The van der Waals surface area contributed by atoms with Crippen molar-refractivity contribution in [3.63, 3.8) is 0 Å². The Morgan fingerprint density at radius 1 is 1.46 bits per heavy atom. The molecule has 2 atom stereocenters. The van der Waals surface area contributed by atoms with Crippen LogP contribution in [0.4, 0.5) is 0 Å². The summed E-state index contributed by atoms with van der Waals surface area (Å²) in [6, 6.07) is 0. The van der Waals surface area contributed by atoms with Crippen LogP contribution in [-0.2, 0) is 14.3 Å². The van der Waals surface area contributed by atoms with Crippen molar-refractivity contribution in [2.45, 2.75) is 32.0 Å². The third kappa shape index (κ3) is 1.49. The molecule has 2 aliphatic heterocycles. The van der Waals surface area contributed by atoms with Crippen LogP contribution in [0.5, 0.6) is 0 Å². The highest BCUT2D eigenvalue weighted by Gasteiger charge is 2.33. The highest BCUT2D eigenvalue weighted by Crippen LogP contribution is 2.26. The van der Waals surface area contributed by atoms with Crippen LogP contribution in [0, 0.1) is 0 Å². The maximum Gasteiger partial charge on any atom is 0.256 e. The van der Waals surface area contributed by atoms with E-state index in [1.165, 1.54) is 6.08 Å². The largest absolute Gasteiger partial charge is 0.370 e. The summed E-state index contributed by atoms with van der Waals surface area (Å²) < 4.78 is 5.48. The molecule has 4 nitrogen and oxygen atoms in total. The Morgan fingerprint density at radius 2 is 2.23 bits per heavy atom. The molecular weight excluding hydrogens is 170 g/mol. The Morgan fingerprint density at radius 3 is 2.69 bits per heavy atom. The molecule has 0 bridgehead atoms. The molecule has 70 valence electrons. The van der Waals surface area contributed by atoms with Crippen LogP contribution >= 0.6 is 0 Å². The van der Waals surface area contributed by atoms with Crippen LogP contribution in [0.25, 0.3) is 0 Å². The molecule has 2 rings (SSSR count). The van der Waals surface area contributed by atoms with Crippen LogP contribution < -0.4 is 5.32 Å². The van der Waals surface area contributed by atoms with Gasteiger partial charge in [0.2, 0.25) is 0 Å². The van der Waals surface area contributed by atoms with Crippen LogP contribution in [-0.4, -0.2) is 24.0 Å². The average molecular weight is 181 g/mol. The lowest BCUT2D eigenvalue weighted by atomic mass is 10.1. The number of hydrogen-bond acceptors (Lipinski definition) is 3. The lowest BCUT2D eigenvalue weighted by Crippen LogP contribution is -2.26. The van der Waals surface area contributed by atoms with Crippen molar-refractivity contribution in [1.29, 1.82) is 0 Å². The van der Waals surface area contributed by atoms with E-state index in [-0.39, 0.29) is 24.0 Å². The van der Waals surface area contributed by atoms with Gasteiger partial charge in [0, 0.05) is 6.08 Å². The second kappa shape index (κ2) is 2.96. The quantitative estimate of drug-likeness (QED) is 0.585. The number of carbonyl (C=O) groups is 2. The number of imide groups is 1. The van der Waals surface area contributed by atoms with E-state index >= 15 is 0 Å². The molecule has 0 aromatic carbocycles. The van der Waals surface area contributed by atoms with Gasteiger partial charge in [0.25, 0.3) is 11.8 Å². The Bertz CT molecular complexity index is 295. The summed E-state index contributed by atoms with van der Waals surface area (Å²) in [5.74, 6) is -0.632. The summed E-state index contributed by atoms with van der Waals surface area (Å²) in [5.41, 5.74) is 0.481. The minimum atomic E-state index is -0.330. The van der Waals surface area contributed by atoms with Crippen LogP contribution in [0.3, 0.4) is 0 Å². The highest BCUT2D eigenvalue weighted by atomic mass is 16.5. The first-order valence-corrected chi connectivity index (χ1v) is 4.39. The van der Waals surface area contributed by atoms with Crippen molar-refractivity contribution in [2.75, 3.05) is 0 Å². The maximum absolute atomic E-state index is 11.2. The van der Waals surface area contributed by atoms with E-state index in [0.717, 1.165) is 12.8 Å². The summed E-state index contributed by atoms with van der Waals surface area (Å²) in [4.78, 5) is 22.0. The zero-order valence-corrected chi connectivity index (χ0v) is 7.37. The minimum absolute atomic E-state index is 0.179. The van der Waals surface area contributed by atoms with E-state index in [1.807, 2.05) is 6.92 Å². The first-order valence-electron chi connectivity index (χ1n) is 4.39. The molecule has 4 heteroatoms. The number of rotatable bonds is 1. The van der Waals surface area contributed by atoms with Crippen LogP contribution in [0.2, 0.25) is 0 Å². The van der Waals surface area contributed by atoms with Crippen molar-refractivity contribution in [1.82, 2.24) is 5.32 Å². The number of hydrogen-bond donors (Lipinski definition) is 1. The lowest BCUT2D eigenvalue weighted by molar-refractivity contribution is -0.124. The lowest BCUT2D eigenvalue weighted by Gasteiger charge is -2.09. The van der Waals surface area contributed by atoms with E-state index in [1.54, 1.807) is 0 Å². The third-order valence-electron chi connectivity index (χ3n) is 2.36. The van der Waals surface area contributed by atoms with E-state index in [0.29, 0.717) is 5.57 Å². The Kier molecular flexibility index (Phi) is 1.92. The second-order valence-corrected chi connectivity index (χ2v) is 3.43. The van der Waals surface area contributed by atoms with E-state index in [2.05, 4.69) is 5.32 Å². The third-order valence-corrected chi connectivity index (χ3v) is 2.36. The Hall–Kier alpha value is -1.16. The van der Waals surface area contributed by atoms with Crippen LogP contribution in [0.1, 0.15) is 19.8 Å². The summed E-state index contributed by atoms with van der Waals surface area (Å²) >= 11 is 0. The monoisotopic (exact) mass is 181 g/mol. The van der Waals surface area contributed by atoms with Crippen molar-refractivity contribution in [2.24, 2.45) is 0 Å². The van der Waals surface area contributed by atoms with Crippen LogP contribution in [0.15, 0.2) is 11.6 Å². The fraction of sp³-hybridized carbons (Fsp3) is 0.556. The number of ether oxygens (including phenoxy) is 1. The normalized spacial score (nSPS) is 33.5. The zero-order valence-electron chi connectivity index (χ0n) is 7.37. The van der Waals surface area contributed by atoms with Gasteiger partial charge in [-0.3, -0.25) is 14.9 Å². The van der Waals surface area contributed by atoms with E-state index in [9.17, 15) is 9.59 Å². The molecule has 0 radical (unpaired) electrons. The molecule has 0 aliphatic carbocycles. The van der Waals surface area contributed by atoms with Gasteiger partial charge in [-0.25, -0.2) is 0 Å². The summed E-state index contributed by atoms with van der Waals surface area (Å²) in [6.07, 6.45) is 3.12. The van der Waals surface area contributed by atoms with E-state index in [4.69, 9.17) is 4.74 Å². The minimum Gasteiger partial charge on any atom is -0.370 e. The first kappa shape index (κ1) is 8.44. The van der Waals surface area contributed by atoms with Crippen molar-refractivity contribution in [3.8, 4) is 0 Å². The molecule has 1 saturated heterocycles. The van der Waals surface area contributed by atoms with Gasteiger partial charge < -0.3 is 4.74 Å². The fourth-order valence-electron chi connectivity index (χ4n) is 1.70. The maximum atomic E-state index is 11.2. The Balaban J connectivity index is 2.13. The molecule has 1 N–H and O–H groups in total. The van der Waals surface area contributed by atoms with Gasteiger partial charge in [-0.05, 0) is 19.8 Å². The van der Waals surface area contributed by atoms with E-state index < -0.39 is 0 Å². The van der Waals surface area contributed by atoms with Crippen molar-refractivity contribution < 1.29 is 14.3 Å². The predicted octanol–water partition coefficient (Wildman–Crippen LogP) is 0.137. The molecule has 0 unspecified atom stereocenters. The predicted molar refractivity (Wildman–Crippen MR) is 44.8 cm³/mol. The van der Waals surface area contributed by atoms with Gasteiger partial charge in [0.15, 0.2) is 0 Å². The van der Waals surface area contributed by atoms with Gasteiger partial charge in [-0.2, -0.15) is 0 Å². The average Bonchev–Trinajstić information content (AvgIpc) is 2.58. The number of carbonyl (C=O) groups excluding carboxylic acids is 2. The molecule has 0 spiro atoms. The molecular formula is C9H11NO3. The number of amides is 2. The molecule has 0 saturated carbocycles. The second-order valence-electron chi connectivity index (χ2n) is 3.43. The Labute approximate surface area is 75.9 Å². The molecule has 2 aliphatic rings. The standard InChI is InChI=1S/C9H11NO3/c1-5-2-3-7(13-5)6-4-8(11)10-9(6)12/h4-5,7H,2-3H2,1H3,(H,10,11,12)/t5-,7+/m0/s1. The van der Waals surface area contributed by atoms with Gasteiger partial charge in [0.1, 0.15) is 0 Å². The summed E-state index contributed by atoms with van der Waals surface area (Å²) in [6.45, 7) is 1.97. The van der Waals surface area contributed by atoms with Gasteiger partial charge in [-0.15, -0.1) is 0 Å². The molecule has 0 aromatic heterocycles. The van der Waals surface area contributed by atoms with Crippen molar-refractivity contribution in [3.05, 3.63) is 11.6 Å². The van der Waals surface area contributed by atoms with Crippen molar-refractivity contribution >= 4 is 11.8 Å². The first-order chi connectivity index (χ1) is 6.16. The number of nitrogens with one attached hydrogen (secondary N) is 1. The molecule has 0 aromatic rings. The van der Waals surface area contributed by atoms with Gasteiger partial charge >= 0.3 is 0 Å². The molecule has 13 heavy (non-hydrogen) atoms. The molecule has 1 fully saturated rings. The molecule has 2 amide bonds. The zero-order chi connectivity index (χ0) is 9.42.